The van der Waals surface area contributed by atoms with Crippen molar-refractivity contribution < 1.29 is 9.90 Å². The van der Waals surface area contributed by atoms with E-state index in [1.807, 2.05) is 6.07 Å². The largest absolute Gasteiger partial charge is 0.481 e. The molecule has 3 rings (SSSR count). The van der Waals surface area contributed by atoms with Gasteiger partial charge in [0.25, 0.3) is 0 Å². The second kappa shape index (κ2) is 7.23. The minimum Gasteiger partial charge on any atom is -0.481 e. The highest BCUT2D eigenvalue weighted by atomic mass is 35.5. The second-order valence-electron chi connectivity index (χ2n) is 5.61. The molecule has 0 saturated carbocycles. The average molecular weight is 367 g/mol. The van der Waals surface area contributed by atoms with E-state index < -0.39 is 5.97 Å². The van der Waals surface area contributed by atoms with Gasteiger partial charge in [0.2, 0.25) is 0 Å². The molecule has 126 valence electrons. The lowest BCUT2D eigenvalue weighted by Gasteiger charge is -2.31. The molecule has 0 radical (unpaired) electrons. The molecule has 6 nitrogen and oxygen atoms in total. The van der Waals surface area contributed by atoms with Crippen LogP contribution in [0.3, 0.4) is 0 Å². The molecule has 24 heavy (non-hydrogen) atoms. The van der Waals surface area contributed by atoms with Gasteiger partial charge in [-0.1, -0.05) is 23.2 Å². The van der Waals surface area contributed by atoms with Crippen LogP contribution in [0.4, 0.5) is 17.3 Å². The summed E-state index contributed by atoms with van der Waals surface area (Å²) in [5.41, 5.74) is 0.665. The van der Waals surface area contributed by atoms with Crippen molar-refractivity contribution in [3.8, 4) is 0 Å². The summed E-state index contributed by atoms with van der Waals surface area (Å²) in [6.45, 7) is 1.32. The molecule has 0 aliphatic carbocycles. The summed E-state index contributed by atoms with van der Waals surface area (Å²) in [7, 11) is 0. The van der Waals surface area contributed by atoms with E-state index in [2.05, 4.69) is 20.2 Å². The van der Waals surface area contributed by atoms with Crippen molar-refractivity contribution in [1.29, 1.82) is 0 Å². The highest BCUT2D eigenvalue weighted by Crippen LogP contribution is 2.29. The lowest BCUT2D eigenvalue weighted by molar-refractivity contribution is -0.142. The third-order valence-corrected chi connectivity index (χ3v) is 4.58. The molecule has 1 aromatic heterocycles. The smallest absolute Gasteiger partial charge is 0.306 e. The van der Waals surface area contributed by atoms with Gasteiger partial charge in [-0.2, -0.15) is 0 Å². The number of piperidine rings is 1. The Morgan fingerprint density at radius 1 is 1.21 bits per heavy atom. The van der Waals surface area contributed by atoms with Gasteiger partial charge in [0, 0.05) is 24.2 Å². The second-order valence-corrected chi connectivity index (χ2v) is 6.45. The van der Waals surface area contributed by atoms with Crippen LogP contribution in [0.5, 0.6) is 0 Å². The van der Waals surface area contributed by atoms with Crippen LogP contribution in [-0.4, -0.2) is 34.1 Å². The number of halogens is 2. The quantitative estimate of drug-likeness (QED) is 0.855. The molecule has 0 spiro atoms. The van der Waals surface area contributed by atoms with Crippen molar-refractivity contribution in [2.24, 2.45) is 5.92 Å². The van der Waals surface area contributed by atoms with Crippen LogP contribution in [-0.2, 0) is 4.79 Å². The van der Waals surface area contributed by atoms with Crippen LogP contribution in [0.15, 0.2) is 30.6 Å². The Balaban J connectivity index is 1.73. The molecular formula is C16H16Cl2N4O2. The first-order valence-electron chi connectivity index (χ1n) is 7.55. The standard InChI is InChI=1S/C16H16Cl2N4O2/c17-11-1-2-12(18)13(7-11)21-14-8-15(20-9-19-14)22-5-3-10(4-6-22)16(23)24/h1-2,7-10H,3-6H2,(H,23,24)(H,19,20,21). The van der Waals surface area contributed by atoms with Gasteiger partial charge in [0.15, 0.2) is 0 Å². The summed E-state index contributed by atoms with van der Waals surface area (Å²) in [6.07, 6.45) is 2.70. The molecule has 0 unspecified atom stereocenters. The minimum absolute atomic E-state index is 0.272. The third kappa shape index (κ3) is 3.88. The summed E-state index contributed by atoms with van der Waals surface area (Å²) in [5, 5.41) is 13.3. The number of aromatic nitrogens is 2. The Bertz CT molecular complexity index is 749. The normalized spacial score (nSPS) is 15.3. The minimum atomic E-state index is -0.727. The highest BCUT2D eigenvalue weighted by Gasteiger charge is 2.25. The molecule has 1 aliphatic heterocycles. The van der Waals surface area contributed by atoms with Gasteiger partial charge in [-0.25, -0.2) is 9.97 Å². The molecule has 2 aromatic rings. The summed E-state index contributed by atoms with van der Waals surface area (Å²) < 4.78 is 0. The third-order valence-electron chi connectivity index (χ3n) is 4.01. The molecule has 0 bridgehead atoms. The van der Waals surface area contributed by atoms with Gasteiger partial charge in [0.1, 0.15) is 18.0 Å². The van der Waals surface area contributed by atoms with E-state index in [1.165, 1.54) is 6.33 Å². The predicted octanol–water partition coefficient (Wildman–Crippen LogP) is 3.83. The van der Waals surface area contributed by atoms with Crippen LogP contribution in [0.25, 0.3) is 0 Å². The van der Waals surface area contributed by atoms with Gasteiger partial charge in [0.05, 0.1) is 16.6 Å². The topological polar surface area (TPSA) is 78.4 Å². The monoisotopic (exact) mass is 366 g/mol. The molecule has 2 heterocycles. The number of nitrogens with zero attached hydrogens (tertiary/aromatic N) is 3. The Hall–Kier alpha value is -2.05. The van der Waals surface area contributed by atoms with Crippen LogP contribution >= 0.6 is 23.2 Å². The number of anilines is 3. The molecule has 1 saturated heterocycles. The molecular weight excluding hydrogens is 351 g/mol. The number of carbonyl (C=O) groups is 1. The summed E-state index contributed by atoms with van der Waals surface area (Å²) >= 11 is 12.1. The van der Waals surface area contributed by atoms with Crippen LogP contribution in [0, 0.1) is 5.92 Å². The zero-order valence-electron chi connectivity index (χ0n) is 12.7. The first kappa shape index (κ1) is 16.8. The van der Waals surface area contributed by atoms with Crippen molar-refractivity contribution in [3.05, 3.63) is 40.6 Å². The van der Waals surface area contributed by atoms with E-state index in [-0.39, 0.29) is 5.92 Å². The van der Waals surface area contributed by atoms with Gasteiger partial charge in [-0.3, -0.25) is 4.79 Å². The number of hydrogen-bond acceptors (Lipinski definition) is 5. The Labute approximate surface area is 149 Å². The average Bonchev–Trinajstić information content (AvgIpc) is 2.58. The maximum Gasteiger partial charge on any atom is 0.306 e. The molecule has 0 atom stereocenters. The number of benzene rings is 1. The highest BCUT2D eigenvalue weighted by molar-refractivity contribution is 6.35. The van der Waals surface area contributed by atoms with Crippen molar-refractivity contribution >= 4 is 46.5 Å². The van der Waals surface area contributed by atoms with Gasteiger partial charge in [-0.05, 0) is 31.0 Å². The van der Waals surface area contributed by atoms with E-state index in [1.54, 1.807) is 18.2 Å². The number of nitrogens with one attached hydrogen (secondary N) is 1. The van der Waals surface area contributed by atoms with Gasteiger partial charge in [-0.15, -0.1) is 0 Å². The number of carboxylic acid groups (broad SMARTS) is 1. The lowest BCUT2D eigenvalue weighted by atomic mass is 9.97. The van der Waals surface area contributed by atoms with E-state index in [4.69, 9.17) is 28.3 Å². The maximum atomic E-state index is 11.0. The van der Waals surface area contributed by atoms with Crippen molar-refractivity contribution in [2.75, 3.05) is 23.3 Å². The van der Waals surface area contributed by atoms with Crippen LogP contribution in [0.2, 0.25) is 10.0 Å². The zero-order chi connectivity index (χ0) is 17.1. The maximum absolute atomic E-state index is 11.0. The van der Waals surface area contributed by atoms with E-state index in [0.29, 0.717) is 47.5 Å². The molecule has 2 N–H and O–H groups in total. The van der Waals surface area contributed by atoms with Crippen LogP contribution in [0.1, 0.15) is 12.8 Å². The first-order chi connectivity index (χ1) is 11.5. The Kier molecular flexibility index (Phi) is 5.06. The zero-order valence-corrected chi connectivity index (χ0v) is 14.3. The summed E-state index contributed by atoms with van der Waals surface area (Å²) in [4.78, 5) is 21.6. The van der Waals surface area contributed by atoms with Gasteiger partial charge < -0.3 is 15.3 Å². The molecule has 0 amide bonds. The van der Waals surface area contributed by atoms with E-state index >= 15 is 0 Å². The fourth-order valence-electron chi connectivity index (χ4n) is 2.68. The molecule has 1 aromatic carbocycles. The summed E-state index contributed by atoms with van der Waals surface area (Å²) in [5.74, 6) is 0.361. The van der Waals surface area contributed by atoms with Crippen molar-refractivity contribution in [1.82, 2.24) is 9.97 Å². The number of hydrogen-bond donors (Lipinski definition) is 2. The number of aliphatic carboxylic acids is 1. The Morgan fingerprint density at radius 3 is 2.67 bits per heavy atom. The fraction of sp³-hybridized carbons (Fsp3) is 0.312. The molecule has 8 heteroatoms. The SMILES string of the molecule is O=C(O)C1CCN(c2cc(Nc3cc(Cl)ccc3Cl)ncn2)CC1. The van der Waals surface area contributed by atoms with Crippen molar-refractivity contribution in [2.45, 2.75) is 12.8 Å². The summed E-state index contributed by atoms with van der Waals surface area (Å²) in [6, 6.07) is 6.97. The van der Waals surface area contributed by atoms with Crippen molar-refractivity contribution in [3.63, 3.8) is 0 Å². The molecule has 1 aliphatic rings. The first-order valence-corrected chi connectivity index (χ1v) is 8.30. The van der Waals surface area contributed by atoms with E-state index in [9.17, 15) is 4.79 Å². The lowest BCUT2D eigenvalue weighted by Crippen LogP contribution is -2.36. The van der Waals surface area contributed by atoms with E-state index in [0.717, 1.165) is 5.82 Å². The Morgan fingerprint density at radius 2 is 1.96 bits per heavy atom. The predicted molar refractivity (Wildman–Crippen MR) is 94.3 cm³/mol. The van der Waals surface area contributed by atoms with Crippen LogP contribution < -0.4 is 10.2 Å². The fourth-order valence-corrected chi connectivity index (χ4v) is 3.01. The molecule has 1 fully saturated rings. The van der Waals surface area contributed by atoms with Gasteiger partial charge >= 0.3 is 5.97 Å². The number of rotatable bonds is 4. The number of carboxylic acids is 1.